The summed E-state index contributed by atoms with van der Waals surface area (Å²) in [6.45, 7) is 1.70. The number of halogens is 1. The van der Waals surface area contributed by atoms with Gasteiger partial charge in [0.05, 0.1) is 5.02 Å². The summed E-state index contributed by atoms with van der Waals surface area (Å²) in [6.07, 6.45) is 5.44. The molecule has 5 heteroatoms. The monoisotopic (exact) mass is 257 g/mol. The molecule has 3 nitrogen and oxygen atoms in total. The Hall–Kier alpha value is -1.02. The standard InChI is InChI=1S/C11H12ClNO2S/c1-3-6-9(2)13-16(14,15)11-8-5-4-7-10(11)12/h1,4-5,7-9,13H,6H2,2H3. The second kappa shape index (κ2) is 5.35. The number of benzene rings is 1. The molecule has 0 aromatic heterocycles. The number of terminal acetylenes is 1. The van der Waals surface area contributed by atoms with E-state index in [0.29, 0.717) is 6.42 Å². The number of sulfonamides is 1. The van der Waals surface area contributed by atoms with E-state index in [1.165, 1.54) is 12.1 Å². The van der Waals surface area contributed by atoms with Crippen molar-refractivity contribution in [3.8, 4) is 12.3 Å². The van der Waals surface area contributed by atoms with Gasteiger partial charge in [-0.15, -0.1) is 12.3 Å². The summed E-state index contributed by atoms with van der Waals surface area (Å²) in [4.78, 5) is 0.0699. The second-order valence-electron chi connectivity index (χ2n) is 3.36. The summed E-state index contributed by atoms with van der Waals surface area (Å²) in [5.41, 5.74) is 0. The Morgan fingerprint density at radius 1 is 1.50 bits per heavy atom. The lowest BCUT2D eigenvalue weighted by Crippen LogP contribution is -2.32. The van der Waals surface area contributed by atoms with Crippen LogP contribution in [-0.2, 0) is 10.0 Å². The maximum atomic E-state index is 11.9. The largest absolute Gasteiger partial charge is 0.242 e. The van der Waals surface area contributed by atoms with E-state index in [-0.39, 0.29) is 16.0 Å². The first kappa shape index (κ1) is 13.0. The van der Waals surface area contributed by atoms with Crippen molar-refractivity contribution in [2.24, 2.45) is 0 Å². The van der Waals surface area contributed by atoms with Gasteiger partial charge in [-0.1, -0.05) is 23.7 Å². The highest BCUT2D eigenvalue weighted by molar-refractivity contribution is 7.89. The minimum absolute atomic E-state index is 0.0699. The van der Waals surface area contributed by atoms with Gasteiger partial charge in [0.15, 0.2) is 0 Å². The predicted octanol–water partition coefficient (Wildman–Crippen LogP) is 2.03. The van der Waals surface area contributed by atoms with Gasteiger partial charge in [-0.05, 0) is 19.1 Å². The minimum Gasteiger partial charge on any atom is -0.207 e. The van der Waals surface area contributed by atoms with E-state index >= 15 is 0 Å². The van der Waals surface area contributed by atoms with Crippen LogP contribution in [0.3, 0.4) is 0 Å². The highest BCUT2D eigenvalue weighted by Gasteiger charge is 2.19. The van der Waals surface area contributed by atoms with Crippen LogP contribution in [0.1, 0.15) is 13.3 Å². The van der Waals surface area contributed by atoms with Crippen molar-refractivity contribution < 1.29 is 8.42 Å². The SMILES string of the molecule is C#CCC(C)NS(=O)(=O)c1ccccc1Cl. The molecule has 1 aromatic carbocycles. The van der Waals surface area contributed by atoms with Gasteiger partial charge in [0.2, 0.25) is 10.0 Å². The summed E-state index contributed by atoms with van der Waals surface area (Å²) < 4.78 is 26.2. The highest BCUT2D eigenvalue weighted by atomic mass is 35.5. The van der Waals surface area contributed by atoms with Gasteiger partial charge in [-0.25, -0.2) is 13.1 Å². The quantitative estimate of drug-likeness (QED) is 0.839. The molecule has 16 heavy (non-hydrogen) atoms. The van der Waals surface area contributed by atoms with Crippen LogP contribution in [0.5, 0.6) is 0 Å². The second-order valence-corrected chi connectivity index (χ2v) is 5.45. The summed E-state index contributed by atoms with van der Waals surface area (Å²) in [5, 5.41) is 0.197. The fraction of sp³-hybridized carbons (Fsp3) is 0.273. The molecule has 0 aliphatic heterocycles. The summed E-state index contributed by atoms with van der Waals surface area (Å²) >= 11 is 5.81. The number of hydrogen-bond acceptors (Lipinski definition) is 2. The van der Waals surface area contributed by atoms with Crippen molar-refractivity contribution in [3.05, 3.63) is 29.3 Å². The van der Waals surface area contributed by atoms with E-state index in [4.69, 9.17) is 18.0 Å². The average Bonchev–Trinajstić information content (AvgIpc) is 2.17. The lowest BCUT2D eigenvalue weighted by molar-refractivity contribution is 0.563. The first-order valence-electron chi connectivity index (χ1n) is 4.67. The molecule has 0 aliphatic carbocycles. The Kier molecular flexibility index (Phi) is 4.36. The third-order valence-corrected chi connectivity index (χ3v) is 4.00. The topological polar surface area (TPSA) is 46.2 Å². The lowest BCUT2D eigenvalue weighted by atomic mass is 10.3. The van der Waals surface area contributed by atoms with Crippen LogP contribution in [0, 0.1) is 12.3 Å². The van der Waals surface area contributed by atoms with Gasteiger partial charge in [0.25, 0.3) is 0 Å². The maximum Gasteiger partial charge on any atom is 0.242 e. The van der Waals surface area contributed by atoms with Crippen molar-refractivity contribution in [3.63, 3.8) is 0 Å². The number of rotatable bonds is 4. The Morgan fingerprint density at radius 3 is 2.69 bits per heavy atom. The van der Waals surface area contributed by atoms with Crippen molar-refractivity contribution >= 4 is 21.6 Å². The van der Waals surface area contributed by atoms with Crippen molar-refractivity contribution in [2.75, 3.05) is 0 Å². The average molecular weight is 258 g/mol. The van der Waals surface area contributed by atoms with Gasteiger partial charge in [0.1, 0.15) is 4.90 Å². The van der Waals surface area contributed by atoms with Crippen LogP contribution in [0.2, 0.25) is 5.02 Å². The van der Waals surface area contributed by atoms with E-state index < -0.39 is 10.0 Å². The van der Waals surface area contributed by atoms with Gasteiger partial charge in [-0.3, -0.25) is 0 Å². The molecule has 0 saturated carbocycles. The molecule has 0 heterocycles. The van der Waals surface area contributed by atoms with Crippen molar-refractivity contribution in [1.29, 1.82) is 0 Å². The van der Waals surface area contributed by atoms with Crippen LogP contribution in [0.25, 0.3) is 0 Å². The Bertz CT molecular complexity index is 505. The third kappa shape index (κ3) is 3.24. The first-order valence-corrected chi connectivity index (χ1v) is 6.54. The molecule has 1 N–H and O–H groups in total. The molecule has 0 spiro atoms. The molecule has 0 fully saturated rings. The molecule has 1 unspecified atom stereocenters. The first-order chi connectivity index (χ1) is 7.47. The summed E-state index contributed by atoms with van der Waals surface area (Å²) in [7, 11) is -3.59. The minimum atomic E-state index is -3.59. The zero-order valence-corrected chi connectivity index (χ0v) is 10.3. The van der Waals surface area contributed by atoms with Gasteiger partial charge < -0.3 is 0 Å². The fourth-order valence-electron chi connectivity index (χ4n) is 1.21. The number of nitrogens with one attached hydrogen (secondary N) is 1. The van der Waals surface area contributed by atoms with Gasteiger partial charge >= 0.3 is 0 Å². The maximum absolute atomic E-state index is 11.9. The summed E-state index contributed by atoms with van der Waals surface area (Å²) in [6, 6.07) is 5.96. The van der Waals surface area contributed by atoms with Crippen LogP contribution in [0.4, 0.5) is 0 Å². The zero-order chi connectivity index (χ0) is 12.2. The molecule has 0 amide bonds. The van der Waals surface area contributed by atoms with Gasteiger partial charge in [-0.2, -0.15) is 0 Å². The van der Waals surface area contributed by atoms with Crippen LogP contribution >= 0.6 is 11.6 Å². The molecule has 86 valence electrons. The van der Waals surface area contributed by atoms with E-state index in [0.717, 1.165) is 0 Å². The highest BCUT2D eigenvalue weighted by Crippen LogP contribution is 2.20. The Morgan fingerprint density at radius 2 is 2.12 bits per heavy atom. The smallest absolute Gasteiger partial charge is 0.207 e. The Labute approximate surface area is 101 Å². The van der Waals surface area contributed by atoms with Crippen LogP contribution < -0.4 is 4.72 Å². The molecule has 0 saturated heterocycles. The predicted molar refractivity (Wildman–Crippen MR) is 64.7 cm³/mol. The normalized spacial score (nSPS) is 13.1. The Balaban J connectivity index is 2.96. The molecular weight excluding hydrogens is 246 g/mol. The van der Waals surface area contributed by atoms with Crippen LogP contribution in [0.15, 0.2) is 29.2 Å². The summed E-state index contributed by atoms with van der Waals surface area (Å²) in [5.74, 6) is 2.40. The van der Waals surface area contributed by atoms with Crippen molar-refractivity contribution in [2.45, 2.75) is 24.3 Å². The molecule has 0 aliphatic rings. The molecular formula is C11H12ClNO2S. The molecule has 1 rings (SSSR count). The molecule has 0 bridgehead atoms. The molecule has 1 atom stereocenters. The third-order valence-electron chi connectivity index (χ3n) is 1.91. The van der Waals surface area contributed by atoms with E-state index in [1.807, 2.05) is 0 Å². The molecule has 1 aromatic rings. The van der Waals surface area contributed by atoms with Gasteiger partial charge in [0, 0.05) is 12.5 Å². The van der Waals surface area contributed by atoms with Crippen LogP contribution in [-0.4, -0.2) is 14.5 Å². The molecule has 0 radical (unpaired) electrons. The van der Waals surface area contributed by atoms with Crippen molar-refractivity contribution in [1.82, 2.24) is 4.72 Å². The van der Waals surface area contributed by atoms with E-state index in [1.54, 1.807) is 19.1 Å². The lowest BCUT2D eigenvalue weighted by Gasteiger charge is -2.12. The number of hydrogen-bond donors (Lipinski definition) is 1. The van der Waals surface area contributed by atoms with E-state index in [2.05, 4.69) is 10.6 Å². The van der Waals surface area contributed by atoms with E-state index in [9.17, 15) is 8.42 Å². The fourth-order valence-corrected chi connectivity index (χ4v) is 2.97. The zero-order valence-electron chi connectivity index (χ0n) is 8.77.